The Hall–Kier alpha value is -1.64. The molecule has 1 saturated heterocycles. The number of nitrogens with zero attached hydrogens (tertiary/aromatic N) is 3. The van der Waals surface area contributed by atoms with Crippen molar-refractivity contribution in [1.82, 2.24) is 9.80 Å². The molecular weight excluding hydrogens is 358 g/mol. The summed E-state index contributed by atoms with van der Waals surface area (Å²) in [5, 5.41) is 9.07. The molecule has 1 unspecified atom stereocenters. The van der Waals surface area contributed by atoms with E-state index in [1.807, 2.05) is 20.8 Å². The molecule has 2 amide bonds. The lowest BCUT2D eigenvalue weighted by atomic mass is 10.0. The molecular formula is C17H31N3O5S. The van der Waals surface area contributed by atoms with Crippen LogP contribution >= 0.6 is 0 Å². The molecule has 0 aromatic rings. The fourth-order valence-electron chi connectivity index (χ4n) is 2.41. The number of piperidine rings is 1. The highest BCUT2D eigenvalue weighted by molar-refractivity contribution is 7.85. The van der Waals surface area contributed by atoms with Gasteiger partial charge >= 0.3 is 12.2 Å². The van der Waals surface area contributed by atoms with E-state index in [1.54, 1.807) is 25.7 Å². The Morgan fingerprint density at radius 3 is 2.19 bits per heavy atom. The quantitative estimate of drug-likeness (QED) is 0.745. The summed E-state index contributed by atoms with van der Waals surface area (Å²) in [6.45, 7) is 11.8. The van der Waals surface area contributed by atoms with Crippen LogP contribution < -0.4 is 0 Å². The molecule has 0 aliphatic carbocycles. The third-order valence-corrected chi connectivity index (χ3v) is 5.16. The van der Waals surface area contributed by atoms with E-state index in [4.69, 9.17) is 9.84 Å². The molecule has 150 valence electrons. The van der Waals surface area contributed by atoms with E-state index in [-0.39, 0.29) is 12.6 Å². The third-order valence-electron chi connectivity index (χ3n) is 3.78. The van der Waals surface area contributed by atoms with Crippen molar-refractivity contribution >= 4 is 29.4 Å². The summed E-state index contributed by atoms with van der Waals surface area (Å²) in [4.78, 5) is 26.5. The molecule has 0 spiro atoms. The molecule has 1 N–H and O–H groups in total. The van der Waals surface area contributed by atoms with E-state index < -0.39 is 33.5 Å². The number of hydrogen-bond acceptors (Lipinski definition) is 4. The van der Waals surface area contributed by atoms with Crippen LogP contribution in [0.4, 0.5) is 9.59 Å². The van der Waals surface area contributed by atoms with Gasteiger partial charge in [-0.2, -0.15) is 4.40 Å². The van der Waals surface area contributed by atoms with Gasteiger partial charge in [-0.25, -0.2) is 13.8 Å². The van der Waals surface area contributed by atoms with Crippen LogP contribution in [0.15, 0.2) is 4.40 Å². The van der Waals surface area contributed by atoms with Gasteiger partial charge in [0.15, 0.2) is 0 Å². The van der Waals surface area contributed by atoms with Crippen molar-refractivity contribution < 1.29 is 23.6 Å². The summed E-state index contributed by atoms with van der Waals surface area (Å²) in [6, 6.07) is -0.144. The summed E-state index contributed by atoms with van der Waals surface area (Å²) in [6.07, 6.45) is 1.12. The molecule has 1 aliphatic heterocycles. The first-order valence-electron chi connectivity index (χ1n) is 8.73. The normalized spacial score (nSPS) is 18.0. The molecule has 0 aromatic heterocycles. The monoisotopic (exact) mass is 389 g/mol. The minimum atomic E-state index is -1.40. The van der Waals surface area contributed by atoms with Gasteiger partial charge in [-0.05, 0) is 54.4 Å². The zero-order valence-corrected chi connectivity index (χ0v) is 17.3. The maximum atomic E-state index is 12.6. The zero-order chi connectivity index (χ0) is 20.1. The van der Waals surface area contributed by atoms with E-state index in [2.05, 4.69) is 4.40 Å². The summed E-state index contributed by atoms with van der Waals surface area (Å²) in [5.41, 5.74) is -0.636. The van der Waals surface area contributed by atoms with Gasteiger partial charge in [0, 0.05) is 25.3 Å². The van der Waals surface area contributed by atoms with Gasteiger partial charge in [0.1, 0.15) is 16.6 Å². The standard InChI is InChI=1S/C17H31N3O5S/c1-16(2,3)25-15(23)20(12-9-18-26(24)17(4,5)6)13-7-10-19(11-8-13)14(21)22/h9,13H,7-8,10-12H2,1-6H3,(H,21,22). The van der Waals surface area contributed by atoms with Crippen LogP contribution in [0.2, 0.25) is 0 Å². The number of likely N-dealkylation sites (tertiary alicyclic amines) is 1. The Morgan fingerprint density at radius 1 is 1.23 bits per heavy atom. The van der Waals surface area contributed by atoms with Crippen LogP contribution in [0, 0.1) is 0 Å². The third kappa shape index (κ3) is 7.31. The van der Waals surface area contributed by atoms with Crippen LogP contribution in [-0.2, 0) is 15.7 Å². The van der Waals surface area contributed by atoms with Crippen molar-refractivity contribution in [2.75, 3.05) is 19.6 Å². The van der Waals surface area contributed by atoms with Gasteiger partial charge in [-0.15, -0.1) is 0 Å². The maximum absolute atomic E-state index is 12.6. The number of carbonyl (C=O) groups excluding carboxylic acids is 1. The molecule has 0 aromatic carbocycles. The van der Waals surface area contributed by atoms with Crippen molar-refractivity contribution in [2.24, 2.45) is 4.40 Å². The van der Waals surface area contributed by atoms with Gasteiger partial charge in [0.25, 0.3) is 0 Å². The number of ether oxygens (including phenoxy) is 1. The first kappa shape index (κ1) is 22.4. The zero-order valence-electron chi connectivity index (χ0n) is 16.5. The highest BCUT2D eigenvalue weighted by Crippen LogP contribution is 2.20. The first-order chi connectivity index (χ1) is 11.8. The van der Waals surface area contributed by atoms with E-state index in [0.717, 1.165) is 0 Å². The van der Waals surface area contributed by atoms with Crippen LogP contribution in [0.3, 0.4) is 0 Å². The van der Waals surface area contributed by atoms with Crippen LogP contribution in [0.25, 0.3) is 0 Å². The topological polar surface area (TPSA) is 99.5 Å². The second kappa shape index (κ2) is 8.83. The largest absolute Gasteiger partial charge is 0.465 e. The number of amides is 2. The van der Waals surface area contributed by atoms with Crippen molar-refractivity contribution in [3.05, 3.63) is 0 Å². The average molecular weight is 390 g/mol. The average Bonchev–Trinajstić information content (AvgIpc) is 2.48. The number of carboxylic acid groups (broad SMARTS) is 1. The highest BCUT2D eigenvalue weighted by atomic mass is 32.2. The highest BCUT2D eigenvalue weighted by Gasteiger charge is 2.32. The lowest BCUT2D eigenvalue weighted by Crippen LogP contribution is -2.50. The first-order valence-corrected chi connectivity index (χ1v) is 9.84. The molecule has 0 bridgehead atoms. The second-order valence-electron chi connectivity index (χ2n) is 8.28. The molecule has 8 nitrogen and oxygen atoms in total. The molecule has 0 radical (unpaired) electrons. The fourth-order valence-corrected chi connectivity index (χ4v) is 2.93. The molecule has 9 heteroatoms. The SMILES string of the molecule is CC(C)(C)OC(=O)N(CC=NS(=O)C(C)(C)C)C1CCN(C(=O)O)CC1. The predicted molar refractivity (Wildman–Crippen MR) is 102 cm³/mol. The summed E-state index contributed by atoms with van der Waals surface area (Å²) in [7, 11) is -1.40. The van der Waals surface area contributed by atoms with E-state index in [1.165, 1.54) is 11.1 Å². The van der Waals surface area contributed by atoms with Crippen molar-refractivity contribution in [3.63, 3.8) is 0 Å². The second-order valence-corrected chi connectivity index (χ2v) is 10.2. The smallest absolute Gasteiger partial charge is 0.410 e. The molecule has 1 atom stereocenters. The van der Waals surface area contributed by atoms with Gasteiger partial charge in [-0.3, -0.25) is 4.90 Å². The molecule has 1 rings (SSSR count). The fraction of sp³-hybridized carbons (Fsp3) is 0.824. The Morgan fingerprint density at radius 2 is 1.77 bits per heavy atom. The predicted octanol–water partition coefficient (Wildman–Crippen LogP) is 2.90. The molecule has 0 saturated carbocycles. The Balaban J connectivity index is 2.83. The minimum absolute atomic E-state index is 0.144. The summed E-state index contributed by atoms with van der Waals surface area (Å²) < 4.78 is 21.1. The summed E-state index contributed by atoms with van der Waals surface area (Å²) in [5.74, 6) is 0. The maximum Gasteiger partial charge on any atom is 0.410 e. The summed E-state index contributed by atoms with van der Waals surface area (Å²) >= 11 is 0. The van der Waals surface area contributed by atoms with E-state index >= 15 is 0 Å². The van der Waals surface area contributed by atoms with E-state index in [9.17, 15) is 13.8 Å². The van der Waals surface area contributed by atoms with Crippen LogP contribution in [0.5, 0.6) is 0 Å². The van der Waals surface area contributed by atoms with Gasteiger partial charge in [0.2, 0.25) is 0 Å². The van der Waals surface area contributed by atoms with Crippen molar-refractivity contribution in [1.29, 1.82) is 0 Å². The van der Waals surface area contributed by atoms with Crippen molar-refractivity contribution in [3.8, 4) is 0 Å². The molecule has 26 heavy (non-hydrogen) atoms. The van der Waals surface area contributed by atoms with Crippen LogP contribution in [-0.4, -0.2) is 73.5 Å². The van der Waals surface area contributed by atoms with Crippen LogP contribution in [0.1, 0.15) is 54.4 Å². The Labute approximate surface area is 158 Å². The Bertz CT molecular complexity index is 558. The van der Waals surface area contributed by atoms with Gasteiger partial charge in [-0.1, -0.05) is 0 Å². The lowest BCUT2D eigenvalue weighted by Gasteiger charge is -2.37. The number of carbonyl (C=O) groups is 2. The Kier molecular flexibility index (Phi) is 7.61. The lowest BCUT2D eigenvalue weighted by molar-refractivity contribution is 0.0134. The molecule has 1 heterocycles. The number of hydrogen-bond donors (Lipinski definition) is 1. The van der Waals surface area contributed by atoms with E-state index in [0.29, 0.717) is 25.9 Å². The van der Waals surface area contributed by atoms with Gasteiger partial charge < -0.3 is 14.7 Å². The van der Waals surface area contributed by atoms with Gasteiger partial charge in [0.05, 0.1) is 11.3 Å². The van der Waals surface area contributed by atoms with Crippen molar-refractivity contribution in [2.45, 2.75) is 70.8 Å². The number of rotatable bonds is 4. The molecule has 1 aliphatic rings. The molecule has 1 fully saturated rings. The minimum Gasteiger partial charge on any atom is -0.465 e.